The molecular formula is C15H19N5O5S. The van der Waals surface area contributed by atoms with Gasteiger partial charge in [-0.2, -0.15) is 5.10 Å². The summed E-state index contributed by atoms with van der Waals surface area (Å²) in [5.41, 5.74) is 0.546. The fraction of sp³-hybridized carbons (Fsp3) is 0.333. The summed E-state index contributed by atoms with van der Waals surface area (Å²) in [6, 6.07) is 2.61. The molecule has 0 aliphatic carbocycles. The maximum Gasteiger partial charge on any atom is 0.342 e. The fourth-order valence-electron chi connectivity index (χ4n) is 2.14. The number of carbonyl (C=O) groups is 2. The number of nitrogens with two attached hydrogens (primary N) is 1. The molecule has 2 heterocycles. The number of nitrogens with zero attached hydrogens (tertiary/aromatic N) is 4. The predicted octanol–water partition coefficient (Wildman–Crippen LogP) is 0.102. The summed E-state index contributed by atoms with van der Waals surface area (Å²) in [6.45, 7) is 3.37. The largest absolute Gasteiger partial charge is 0.462 e. The van der Waals surface area contributed by atoms with Crippen molar-refractivity contribution in [2.24, 2.45) is 5.14 Å². The van der Waals surface area contributed by atoms with E-state index in [-0.39, 0.29) is 34.5 Å². The molecule has 0 unspecified atom stereocenters. The first-order chi connectivity index (χ1) is 12.1. The van der Waals surface area contributed by atoms with Crippen LogP contribution in [0, 0.1) is 6.92 Å². The van der Waals surface area contributed by atoms with E-state index in [2.05, 4.69) is 10.1 Å². The SMILES string of the molecule is CCOC(=O)c1cc(S(N)(=O)=O)cnc1-n1nc(C(=O)N(C)C)cc1C. The highest BCUT2D eigenvalue weighted by Gasteiger charge is 2.23. The van der Waals surface area contributed by atoms with E-state index in [9.17, 15) is 18.0 Å². The molecule has 0 aliphatic rings. The highest BCUT2D eigenvalue weighted by Crippen LogP contribution is 2.19. The van der Waals surface area contributed by atoms with Crippen LogP contribution in [0.15, 0.2) is 23.2 Å². The normalized spacial score (nSPS) is 11.3. The molecule has 11 heteroatoms. The van der Waals surface area contributed by atoms with Gasteiger partial charge >= 0.3 is 5.97 Å². The number of amides is 1. The molecule has 26 heavy (non-hydrogen) atoms. The Balaban J connectivity index is 2.66. The lowest BCUT2D eigenvalue weighted by atomic mass is 10.2. The Hall–Kier alpha value is -2.79. The summed E-state index contributed by atoms with van der Waals surface area (Å²) in [5, 5.41) is 9.27. The summed E-state index contributed by atoms with van der Waals surface area (Å²) in [4.78, 5) is 29.4. The van der Waals surface area contributed by atoms with E-state index in [1.165, 1.54) is 15.6 Å². The number of hydrogen-bond acceptors (Lipinski definition) is 7. The third-order valence-corrected chi connectivity index (χ3v) is 4.26. The van der Waals surface area contributed by atoms with Crippen molar-refractivity contribution in [2.75, 3.05) is 20.7 Å². The van der Waals surface area contributed by atoms with Crippen molar-refractivity contribution in [3.8, 4) is 5.82 Å². The van der Waals surface area contributed by atoms with E-state index in [1.807, 2.05) is 0 Å². The number of pyridine rings is 1. The zero-order valence-corrected chi connectivity index (χ0v) is 15.6. The van der Waals surface area contributed by atoms with Gasteiger partial charge in [0, 0.05) is 26.0 Å². The summed E-state index contributed by atoms with van der Waals surface area (Å²) < 4.78 is 29.4. The van der Waals surface area contributed by atoms with E-state index in [0.717, 1.165) is 12.3 Å². The van der Waals surface area contributed by atoms with Gasteiger partial charge in [0.05, 0.1) is 6.61 Å². The Labute approximate surface area is 150 Å². The number of aromatic nitrogens is 3. The van der Waals surface area contributed by atoms with Crippen molar-refractivity contribution < 1.29 is 22.7 Å². The van der Waals surface area contributed by atoms with Gasteiger partial charge in [-0.3, -0.25) is 4.79 Å². The van der Waals surface area contributed by atoms with Crippen molar-refractivity contribution in [2.45, 2.75) is 18.7 Å². The van der Waals surface area contributed by atoms with E-state index < -0.39 is 16.0 Å². The maximum absolute atomic E-state index is 12.3. The summed E-state index contributed by atoms with van der Waals surface area (Å²) in [7, 11) is -0.897. The van der Waals surface area contributed by atoms with Crippen LogP contribution in [-0.4, -0.2) is 60.7 Å². The van der Waals surface area contributed by atoms with Crippen LogP contribution in [0.4, 0.5) is 0 Å². The van der Waals surface area contributed by atoms with Crippen LogP contribution in [0.1, 0.15) is 33.5 Å². The second kappa shape index (κ2) is 7.22. The molecule has 0 fully saturated rings. The number of aryl methyl sites for hydroxylation is 1. The third kappa shape index (κ3) is 3.89. The second-order valence-electron chi connectivity index (χ2n) is 5.59. The average Bonchev–Trinajstić information content (AvgIpc) is 2.94. The van der Waals surface area contributed by atoms with Crippen molar-refractivity contribution in [1.29, 1.82) is 0 Å². The number of primary sulfonamides is 1. The Bertz CT molecular complexity index is 965. The molecule has 2 rings (SSSR count). The maximum atomic E-state index is 12.3. The van der Waals surface area contributed by atoms with E-state index in [4.69, 9.17) is 9.88 Å². The first-order valence-corrected chi connectivity index (χ1v) is 9.09. The average molecular weight is 381 g/mol. The highest BCUT2D eigenvalue weighted by atomic mass is 32.2. The summed E-state index contributed by atoms with van der Waals surface area (Å²) in [6.07, 6.45) is 1.02. The number of carbonyl (C=O) groups excluding carboxylic acids is 2. The molecule has 0 atom stereocenters. The Morgan fingerprint density at radius 3 is 2.50 bits per heavy atom. The van der Waals surface area contributed by atoms with E-state index in [0.29, 0.717) is 5.69 Å². The van der Waals surface area contributed by atoms with Crippen molar-refractivity contribution in [3.63, 3.8) is 0 Å². The standard InChI is InChI=1S/C15H19N5O5S/c1-5-25-15(22)11-7-10(26(16,23)24)8-17-13(11)20-9(2)6-12(18-20)14(21)19(3)4/h6-8H,5H2,1-4H3,(H2,16,23,24). The van der Waals surface area contributed by atoms with Gasteiger partial charge in [0.2, 0.25) is 10.0 Å². The van der Waals surface area contributed by atoms with Crippen LogP contribution in [0.5, 0.6) is 0 Å². The Morgan fingerprint density at radius 2 is 1.96 bits per heavy atom. The molecular weight excluding hydrogens is 362 g/mol. The summed E-state index contributed by atoms with van der Waals surface area (Å²) in [5.74, 6) is -1.08. The molecule has 1 amide bonds. The molecule has 10 nitrogen and oxygen atoms in total. The Morgan fingerprint density at radius 1 is 1.31 bits per heavy atom. The van der Waals surface area contributed by atoms with Gasteiger partial charge in [-0.15, -0.1) is 0 Å². The molecule has 2 aromatic heterocycles. The minimum Gasteiger partial charge on any atom is -0.462 e. The van der Waals surface area contributed by atoms with Gasteiger partial charge in [-0.25, -0.2) is 28.0 Å². The minimum atomic E-state index is -4.06. The van der Waals surface area contributed by atoms with Gasteiger partial charge in [-0.1, -0.05) is 0 Å². The Kier molecular flexibility index (Phi) is 5.42. The molecule has 0 saturated carbocycles. The zero-order chi connectivity index (χ0) is 19.6. The lowest BCUT2D eigenvalue weighted by molar-refractivity contribution is 0.0525. The second-order valence-corrected chi connectivity index (χ2v) is 7.15. The lowest BCUT2D eigenvalue weighted by Crippen LogP contribution is -2.22. The smallest absolute Gasteiger partial charge is 0.342 e. The van der Waals surface area contributed by atoms with Crippen molar-refractivity contribution in [1.82, 2.24) is 19.7 Å². The van der Waals surface area contributed by atoms with Crippen LogP contribution in [0.25, 0.3) is 5.82 Å². The molecule has 140 valence electrons. The number of esters is 1. The van der Waals surface area contributed by atoms with E-state index in [1.54, 1.807) is 27.9 Å². The molecule has 0 bridgehead atoms. The zero-order valence-electron chi connectivity index (χ0n) is 14.8. The van der Waals surface area contributed by atoms with Crippen molar-refractivity contribution >= 4 is 21.9 Å². The molecule has 0 saturated heterocycles. The van der Waals surface area contributed by atoms with Gasteiger partial charge < -0.3 is 9.64 Å². The van der Waals surface area contributed by atoms with Crippen LogP contribution in [-0.2, 0) is 14.8 Å². The quantitative estimate of drug-likeness (QED) is 0.725. The molecule has 2 N–H and O–H groups in total. The minimum absolute atomic E-state index is 0.0335. The monoisotopic (exact) mass is 381 g/mol. The lowest BCUT2D eigenvalue weighted by Gasteiger charge is -2.11. The van der Waals surface area contributed by atoms with Crippen LogP contribution < -0.4 is 5.14 Å². The molecule has 0 spiro atoms. The number of ether oxygens (including phenoxy) is 1. The molecule has 2 aromatic rings. The van der Waals surface area contributed by atoms with Crippen molar-refractivity contribution in [3.05, 3.63) is 35.3 Å². The first kappa shape index (κ1) is 19.5. The van der Waals surface area contributed by atoms with Gasteiger partial charge in [-0.05, 0) is 26.0 Å². The highest BCUT2D eigenvalue weighted by molar-refractivity contribution is 7.89. The van der Waals surface area contributed by atoms with E-state index >= 15 is 0 Å². The molecule has 0 aromatic carbocycles. The molecule has 0 aliphatic heterocycles. The molecule has 0 radical (unpaired) electrons. The predicted molar refractivity (Wildman–Crippen MR) is 91.4 cm³/mol. The third-order valence-electron chi connectivity index (χ3n) is 3.38. The van der Waals surface area contributed by atoms with Gasteiger partial charge in [0.1, 0.15) is 10.5 Å². The van der Waals surface area contributed by atoms with Gasteiger partial charge in [0.25, 0.3) is 5.91 Å². The van der Waals surface area contributed by atoms with Gasteiger partial charge in [0.15, 0.2) is 11.5 Å². The fourth-order valence-corrected chi connectivity index (χ4v) is 2.63. The first-order valence-electron chi connectivity index (χ1n) is 7.55. The number of rotatable bonds is 5. The number of sulfonamides is 1. The summed E-state index contributed by atoms with van der Waals surface area (Å²) >= 11 is 0. The van der Waals surface area contributed by atoms with Crippen LogP contribution in [0.2, 0.25) is 0 Å². The topological polar surface area (TPSA) is 137 Å². The van der Waals surface area contributed by atoms with Crippen LogP contribution in [0.3, 0.4) is 0 Å². The van der Waals surface area contributed by atoms with Crippen LogP contribution >= 0.6 is 0 Å². The number of hydrogen-bond donors (Lipinski definition) is 1.